The van der Waals surface area contributed by atoms with Crippen molar-refractivity contribution in [2.75, 3.05) is 26.4 Å². The van der Waals surface area contributed by atoms with E-state index in [0.29, 0.717) is 38.5 Å². The minimum atomic E-state index is -1.90. The highest BCUT2D eigenvalue weighted by molar-refractivity contribution is 5.78. The number of hydrogen-bond acceptors (Lipinski definition) is 26. The number of aliphatic hydroxyl groups excluding tert-OH is 15. The fraction of sp³-hybridized carbons (Fsp3) is 0.949. The van der Waals surface area contributed by atoms with Gasteiger partial charge in [0, 0.05) is 5.41 Å². The van der Waals surface area contributed by atoms with Crippen LogP contribution in [0.2, 0.25) is 0 Å². The van der Waals surface area contributed by atoms with Crippen LogP contribution in [0.15, 0.2) is 12.2 Å². The molecule has 0 bridgehead atoms. The average Bonchev–Trinajstić information content (AvgIpc) is 1.62. The van der Waals surface area contributed by atoms with Gasteiger partial charge in [-0.1, -0.05) is 39.8 Å². The van der Waals surface area contributed by atoms with Crippen LogP contribution in [0.1, 0.15) is 113 Å². The molecule has 5 heterocycles. The molecule has 5 saturated carbocycles. The van der Waals surface area contributed by atoms with Crippen LogP contribution in [0.25, 0.3) is 0 Å². The Balaban J connectivity index is 0.820. The third-order valence-electron chi connectivity index (χ3n) is 23.6. The molecular formula is C59H96O26. The third-order valence-corrected chi connectivity index (χ3v) is 23.6. The molecule has 10 rings (SSSR count). The summed E-state index contributed by atoms with van der Waals surface area (Å²) in [6.07, 6.45) is -31.6. The Hall–Kier alpha value is -1.75. The zero-order valence-corrected chi connectivity index (χ0v) is 49.6. The molecule has 26 heteroatoms. The van der Waals surface area contributed by atoms with E-state index in [9.17, 15) is 76.6 Å². The summed E-state index contributed by atoms with van der Waals surface area (Å²) in [5.41, 5.74) is -1.80. The maximum atomic E-state index is 15.2. The second-order valence-electron chi connectivity index (χ2n) is 28.0. The first-order valence-corrected chi connectivity index (χ1v) is 30.7. The molecule has 10 aliphatic rings. The second kappa shape index (κ2) is 24.7. The number of carbonyl (C=O) groups excluding carboxylic acids is 1. The monoisotopic (exact) mass is 1220 g/mol. The Morgan fingerprint density at radius 1 is 0.541 bits per heavy atom. The number of hydrogen-bond donors (Lipinski definition) is 15. The number of ether oxygens (including phenoxy) is 10. The lowest BCUT2D eigenvalue weighted by Crippen LogP contribution is -2.68. The van der Waals surface area contributed by atoms with Crippen molar-refractivity contribution in [2.45, 2.75) is 266 Å². The zero-order chi connectivity index (χ0) is 61.9. The van der Waals surface area contributed by atoms with E-state index in [4.69, 9.17) is 47.4 Å². The first kappa shape index (κ1) is 66.2. The van der Waals surface area contributed by atoms with Crippen molar-refractivity contribution in [3.63, 3.8) is 0 Å². The van der Waals surface area contributed by atoms with Gasteiger partial charge in [0.15, 0.2) is 25.2 Å². The maximum Gasteiger partial charge on any atom is 0.314 e. The minimum absolute atomic E-state index is 0.0172. The van der Waals surface area contributed by atoms with Crippen LogP contribution >= 0.6 is 0 Å². The highest BCUT2D eigenvalue weighted by Crippen LogP contribution is 2.78. The van der Waals surface area contributed by atoms with Gasteiger partial charge >= 0.3 is 5.97 Å². The van der Waals surface area contributed by atoms with Crippen LogP contribution in [-0.4, -0.2) is 263 Å². The molecule has 15 N–H and O–H groups in total. The Labute approximate surface area is 494 Å². The Kier molecular flexibility index (Phi) is 19.2. The lowest BCUT2D eigenvalue weighted by Gasteiger charge is -2.73. The minimum Gasteiger partial charge on any atom is -0.432 e. The van der Waals surface area contributed by atoms with Crippen LogP contribution in [0.5, 0.6) is 0 Å². The molecule has 5 aliphatic carbocycles. The van der Waals surface area contributed by atoms with Gasteiger partial charge in [0.2, 0.25) is 6.29 Å². The van der Waals surface area contributed by atoms with E-state index in [0.717, 1.165) is 31.3 Å². The van der Waals surface area contributed by atoms with Crippen molar-refractivity contribution in [1.82, 2.24) is 0 Å². The Bertz CT molecular complexity index is 2340. The highest BCUT2D eigenvalue weighted by atomic mass is 16.8. The second-order valence-corrected chi connectivity index (χ2v) is 28.0. The molecule has 0 radical (unpaired) electrons. The van der Waals surface area contributed by atoms with Crippen LogP contribution in [0, 0.1) is 56.7 Å². The number of fused-ring (bicyclic) bond motifs is 7. The normalized spacial score (nSPS) is 56.3. The standard InChI is InChI=1S/C59H96O26/c1-23(2)26-11-16-59(54(75)85-52-45(73)41(69)38(66)30(81-52)21-77-49-46(74)42(70)47(29(19-60)80-49)83-50-43(71)39(67)35(63)24(3)78-50)18-17-57(7)27(34(26)59)9-10-32-55(5)14-13-33(56(6,22-61)31(55)12-15-58(32,57)8)82-53-48(37(65)28(62)20-76-53)84-51-44(72)40(68)36(64)25(4)79-51/h24-53,60-74H,1,9-22H2,2-8H3/t24-,25-,26-,27?,28-,29+,30+,31+,32+,33-,34+,35-,36-,37-,38+,39+,40+,41-,42+,43+,44+,45+,46+,47+,48+,49+,50-,51-,52-,53-,55-,56-,57+,58+,59-/m0/s1. The molecule has 5 aliphatic heterocycles. The number of esters is 1. The number of aliphatic hydroxyl groups is 15. The molecule has 0 aromatic heterocycles. The van der Waals surface area contributed by atoms with Gasteiger partial charge in [0.25, 0.3) is 0 Å². The van der Waals surface area contributed by atoms with Gasteiger partial charge < -0.3 is 124 Å². The smallest absolute Gasteiger partial charge is 0.314 e. The summed E-state index contributed by atoms with van der Waals surface area (Å²) in [5, 5.41) is 163. The summed E-state index contributed by atoms with van der Waals surface area (Å²) in [5.74, 6) is -0.760. The zero-order valence-electron chi connectivity index (χ0n) is 49.6. The van der Waals surface area contributed by atoms with E-state index >= 15 is 4.79 Å². The summed E-state index contributed by atoms with van der Waals surface area (Å²) < 4.78 is 59.5. The number of allylic oxidation sites excluding steroid dienone is 1. The van der Waals surface area contributed by atoms with E-state index in [1.807, 2.05) is 13.8 Å². The van der Waals surface area contributed by atoms with Crippen molar-refractivity contribution >= 4 is 5.97 Å². The summed E-state index contributed by atoms with van der Waals surface area (Å²) in [6.45, 7) is 16.5. The molecule has 488 valence electrons. The molecule has 5 saturated heterocycles. The summed E-state index contributed by atoms with van der Waals surface area (Å²) in [4.78, 5) is 15.2. The third kappa shape index (κ3) is 10.9. The largest absolute Gasteiger partial charge is 0.432 e. The predicted molar refractivity (Wildman–Crippen MR) is 288 cm³/mol. The van der Waals surface area contributed by atoms with E-state index in [2.05, 4.69) is 27.4 Å². The van der Waals surface area contributed by atoms with E-state index in [1.54, 1.807) is 0 Å². The Morgan fingerprint density at radius 2 is 1.13 bits per heavy atom. The molecule has 0 amide bonds. The van der Waals surface area contributed by atoms with Gasteiger partial charge in [-0.25, -0.2) is 0 Å². The first-order valence-electron chi connectivity index (χ1n) is 30.7. The van der Waals surface area contributed by atoms with Crippen LogP contribution < -0.4 is 0 Å². The molecule has 1 unspecified atom stereocenters. The molecule has 10 fully saturated rings. The predicted octanol–water partition coefficient (Wildman–Crippen LogP) is -2.69. The quantitative estimate of drug-likeness (QED) is 0.0478. The van der Waals surface area contributed by atoms with Crippen LogP contribution in [0.4, 0.5) is 0 Å². The molecule has 0 aromatic rings. The SMILES string of the molecule is C=C(C)[C@@H]1CC[C@]2(C(=O)O[C@@H]3O[C@H](CO[C@@H]4O[C@H](CO)[C@@H](O[C@@H]5O[C@@H](C)[C@H](O)[C@@H](O)[C@H]5O)[C@H](O)[C@H]4O)[C@@H](O)[C@H](O)[C@H]3O)CC[C@]3(C)C(CC[C@@H]4[C@@]5(C)CC[C@H](O[C@@H]6OC[C@H](O)[C@H](O)[C@H]6O[C@@H]6O[C@@H](C)[C@H](O)[C@@H](O)[C@H]6O)[C@@](C)(CO)[C@@H]5CC[C@]43C)[C@@H]12. The average molecular weight is 1220 g/mol. The van der Waals surface area contributed by atoms with Gasteiger partial charge in [0.1, 0.15) is 104 Å². The lowest BCUT2D eigenvalue weighted by molar-refractivity contribution is -0.366. The number of carbonyl (C=O) groups is 1. The first-order chi connectivity index (χ1) is 39.9. The van der Waals surface area contributed by atoms with Gasteiger partial charge in [-0.15, -0.1) is 0 Å². The summed E-state index contributed by atoms with van der Waals surface area (Å²) >= 11 is 0. The van der Waals surface area contributed by atoms with Crippen molar-refractivity contribution in [3.8, 4) is 0 Å². The van der Waals surface area contributed by atoms with E-state index < -0.39 is 184 Å². The van der Waals surface area contributed by atoms with E-state index in [-0.39, 0.29) is 59.0 Å². The van der Waals surface area contributed by atoms with Gasteiger partial charge in [-0.05, 0) is 131 Å². The van der Waals surface area contributed by atoms with Gasteiger partial charge in [0.05, 0.1) is 50.2 Å². The fourth-order valence-electron chi connectivity index (χ4n) is 18.4. The molecule has 26 nitrogen and oxygen atoms in total. The van der Waals surface area contributed by atoms with Crippen molar-refractivity contribution in [1.29, 1.82) is 0 Å². The van der Waals surface area contributed by atoms with Crippen molar-refractivity contribution in [3.05, 3.63) is 12.2 Å². The number of rotatable bonds is 14. The molecule has 0 aromatic carbocycles. The lowest BCUT2D eigenvalue weighted by atomic mass is 9.32. The van der Waals surface area contributed by atoms with Crippen molar-refractivity contribution < 1.29 is 129 Å². The Morgan fingerprint density at radius 3 is 1.74 bits per heavy atom. The summed E-state index contributed by atoms with van der Waals surface area (Å²) in [7, 11) is 0. The molecule has 0 spiro atoms. The van der Waals surface area contributed by atoms with Gasteiger partial charge in [-0.3, -0.25) is 4.79 Å². The molecular weight excluding hydrogens is 1120 g/mol. The molecule has 35 atom stereocenters. The van der Waals surface area contributed by atoms with Crippen molar-refractivity contribution in [2.24, 2.45) is 56.7 Å². The van der Waals surface area contributed by atoms with E-state index in [1.165, 1.54) is 13.8 Å². The highest BCUT2D eigenvalue weighted by Gasteiger charge is 2.73. The molecule has 85 heavy (non-hydrogen) atoms. The summed E-state index contributed by atoms with van der Waals surface area (Å²) in [6, 6.07) is 0. The fourth-order valence-corrected chi connectivity index (χ4v) is 18.4. The topological polar surface area (TPSA) is 413 Å². The maximum absolute atomic E-state index is 15.2. The van der Waals surface area contributed by atoms with Gasteiger partial charge in [-0.2, -0.15) is 0 Å². The van der Waals surface area contributed by atoms with Crippen LogP contribution in [-0.2, 0) is 52.2 Å². The van der Waals surface area contributed by atoms with Crippen LogP contribution in [0.3, 0.4) is 0 Å².